The fourth-order valence-corrected chi connectivity index (χ4v) is 1.79. The average molecular weight is 258 g/mol. The standard InChI is InChI=1S/C14H14N2O3/c1-8-5-4-6-11(13(17)18)12(8)19-14-15-9(2)7-10(3)16-14/h4-7H,1-3H3,(H,17,18). The molecule has 0 radical (unpaired) electrons. The van der Waals surface area contributed by atoms with Crippen molar-refractivity contribution in [2.75, 3.05) is 0 Å². The van der Waals surface area contributed by atoms with Gasteiger partial charge in [0.15, 0.2) is 0 Å². The quantitative estimate of drug-likeness (QED) is 0.916. The van der Waals surface area contributed by atoms with E-state index >= 15 is 0 Å². The number of hydrogen-bond donors (Lipinski definition) is 1. The maximum Gasteiger partial charge on any atom is 0.339 e. The molecule has 0 fully saturated rings. The summed E-state index contributed by atoms with van der Waals surface area (Å²) in [6.07, 6.45) is 0. The Kier molecular flexibility index (Phi) is 3.46. The monoisotopic (exact) mass is 258 g/mol. The molecule has 0 saturated heterocycles. The Hall–Kier alpha value is -2.43. The van der Waals surface area contributed by atoms with Crippen LogP contribution in [-0.4, -0.2) is 21.0 Å². The number of ether oxygens (including phenoxy) is 1. The largest absolute Gasteiger partial charge is 0.478 e. The third-order valence-corrected chi connectivity index (χ3v) is 2.60. The molecule has 0 spiro atoms. The molecule has 19 heavy (non-hydrogen) atoms. The number of nitrogens with zero attached hydrogens (tertiary/aromatic N) is 2. The summed E-state index contributed by atoms with van der Waals surface area (Å²) in [6.45, 7) is 5.44. The van der Waals surface area contributed by atoms with Crippen LogP contribution >= 0.6 is 0 Å². The molecule has 1 aromatic heterocycles. The van der Waals surface area contributed by atoms with Crippen molar-refractivity contribution in [1.29, 1.82) is 0 Å². The first-order valence-electron chi connectivity index (χ1n) is 5.80. The Morgan fingerprint density at radius 3 is 2.37 bits per heavy atom. The molecular formula is C14H14N2O3. The second-order valence-corrected chi connectivity index (χ2v) is 4.29. The van der Waals surface area contributed by atoms with Crippen molar-refractivity contribution in [2.45, 2.75) is 20.8 Å². The summed E-state index contributed by atoms with van der Waals surface area (Å²) >= 11 is 0. The summed E-state index contributed by atoms with van der Waals surface area (Å²) in [5.74, 6) is -0.761. The molecule has 0 amide bonds. The zero-order chi connectivity index (χ0) is 14.0. The molecule has 0 unspecified atom stereocenters. The molecule has 0 saturated carbocycles. The predicted molar refractivity (Wildman–Crippen MR) is 69.7 cm³/mol. The van der Waals surface area contributed by atoms with Gasteiger partial charge in [-0.05, 0) is 38.5 Å². The van der Waals surface area contributed by atoms with Gasteiger partial charge >= 0.3 is 12.0 Å². The van der Waals surface area contributed by atoms with E-state index in [1.54, 1.807) is 19.1 Å². The summed E-state index contributed by atoms with van der Waals surface area (Å²) in [6, 6.07) is 6.93. The topological polar surface area (TPSA) is 72.3 Å². The van der Waals surface area contributed by atoms with Crippen LogP contribution in [0.5, 0.6) is 11.8 Å². The minimum absolute atomic E-state index is 0.0998. The van der Waals surface area contributed by atoms with E-state index in [1.807, 2.05) is 19.9 Å². The second kappa shape index (κ2) is 5.06. The molecule has 0 bridgehead atoms. The van der Waals surface area contributed by atoms with Crippen LogP contribution in [0, 0.1) is 20.8 Å². The fraction of sp³-hybridized carbons (Fsp3) is 0.214. The number of aromatic carboxylic acids is 1. The molecular weight excluding hydrogens is 244 g/mol. The maximum atomic E-state index is 11.2. The Balaban J connectivity index is 2.45. The van der Waals surface area contributed by atoms with E-state index in [4.69, 9.17) is 9.84 Å². The van der Waals surface area contributed by atoms with Gasteiger partial charge in [-0.15, -0.1) is 0 Å². The maximum absolute atomic E-state index is 11.2. The van der Waals surface area contributed by atoms with Crippen molar-refractivity contribution in [3.63, 3.8) is 0 Å². The van der Waals surface area contributed by atoms with Crippen molar-refractivity contribution in [3.05, 3.63) is 46.8 Å². The van der Waals surface area contributed by atoms with Crippen molar-refractivity contribution in [2.24, 2.45) is 0 Å². The predicted octanol–water partition coefficient (Wildman–Crippen LogP) is 2.89. The highest BCUT2D eigenvalue weighted by molar-refractivity contribution is 5.91. The van der Waals surface area contributed by atoms with Crippen LogP contribution in [0.25, 0.3) is 0 Å². The number of carbonyl (C=O) groups is 1. The van der Waals surface area contributed by atoms with Crippen molar-refractivity contribution in [3.8, 4) is 11.8 Å². The molecule has 0 aliphatic rings. The van der Waals surface area contributed by atoms with E-state index in [1.165, 1.54) is 6.07 Å². The van der Waals surface area contributed by atoms with E-state index in [0.717, 1.165) is 17.0 Å². The molecule has 1 N–H and O–H groups in total. The first-order valence-corrected chi connectivity index (χ1v) is 5.80. The summed E-state index contributed by atoms with van der Waals surface area (Å²) < 4.78 is 5.56. The van der Waals surface area contributed by atoms with Gasteiger partial charge in [0.05, 0.1) is 0 Å². The van der Waals surface area contributed by atoms with Crippen molar-refractivity contribution in [1.82, 2.24) is 9.97 Å². The van der Waals surface area contributed by atoms with Gasteiger partial charge in [0.25, 0.3) is 0 Å². The zero-order valence-corrected chi connectivity index (χ0v) is 11.0. The molecule has 2 aromatic rings. The van der Waals surface area contributed by atoms with Gasteiger partial charge in [0.1, 0.15) is 11.3 Å². The van der Waals surface area contributed by atoms with Crippen LogP contribution < -0.4 is 4.74 Å². The number of aromatic nitrogens is 2. The number of carboxylic acid groups (broad SMARTS) is 1. The lowest BCUT2D eigenvalue weighted by atomic mass is 10.1. The summed E-state index contributed by atoms with van der Waals surface area (Å²) in [7, 11) is 0. The van der Waals surface area contributed by atoms with Crippen LogP contribution in [0.3, 0.4) is 0 Å². The molecule has 0 aliphatic carbocycles. The Bertz CT molecular complexity index is 618. The van der Waals surface area contributed by atoms with Gasteiger partial charge in [0.2, 0.25) is 0 Å². The number of para-hydroxylation sites is 1. The summed E-state index contributed by atoms with van der Waals surface area (Å²) in [4.78, 5) is 19.5. The molecule has 0 aliphatic heterocycles. The molecule has 5 nitrogen and oxygen atoms in total. The lowest BCUT2D eigenvalue weighted by molar-refractivity contribution is 0.0694. The van der Waals surface area contributed by atoms with Crippen molar-refractivity contribution < 1.29 is 14.6 Å². The number of rotatable bonds is 3. The van der Waals surface area contributed by atoms with Gasteiger partial charge in [-0.3, -0.25) is 0 Å². The highest BCUT2D eigenvalue weighted by Gasteiger charge is 2.15. The second-order valence-electron chi connectivity index (χ2n) is 4.29. The van der Waals surface area contributed by atoms with Gasteiger partial charge in [-0.25, -0.2) is 14.8 Å². The van der Waals surface area contributed by atoms with Crippen LogP contribution in [-0.2, 0) is 0 Å². The molecule has 1 aromatic carbocycles. The van der Waals surface area contributed by atoms with E-state index in [0.29, 0.717) is 0 Å². The lowest BCUT2D eigenvalue weighted by Gasteiger charge is -2.10. The molecule has 5 heteroatoms. The zero-order valence-electron chi connectivity index (χ0n) is 11.0. The summed E-state index contributed by atoms with van der Waals surface area (Å²) in [5.41, 5.74) is 2.37. The third-order valence-electron chi connectivity index (χ3n) is 2.60. The minimum Gasteiger partial charge on any atom is -0.478 e. The number of carboxylic acids is 1. The third kappa shape index (κ3) is 2.88. The van der Waals surface area contributed by atoms with Crippen LogP contribution in [0.1, 0.15) is 27.3 Å². The highest BCUT2D eigenvalue weighted by atomic mass is 16.5. The summed E-state index contributed by atoms with van der Waals surface area (Å²) in [5, 5.41) is 9.16. The number of benzene rings is 1. The lowest BCUT2D eigenvalue weighted by Crippen LogP contribution is -2.04. The van der Waals surface area contributed by atoms with Gasteiger partial charge in [-0.2, -0.15) is 0 Å². The van der Waals surface area contributed by atoms with Gasteiger partial charge in [0, 0.05) is 11.4 Å². The number of aryl methyl sites for hydroxylation is 3. The van der Waals surface area contributed by atoms with E-state index in [2.05, 4.69) is 9.97 Å². The SMILES string of the molecule is Cc1cc(C)nc(Oc2c(C)cccc2C(=O)O)n1. The normalized spacial score (nSPS) is 10.3. The first kappa shape index (κ1) is 13.0. The molecule has 98 valence electrons. The highest BCUT2D eigenvalue weighted by Crippen LogP contribution is 2.27. The van der Waals surface area contributed by atoms with Crippen molar-refractivity contribution >= 4 is 5.97 Å². The van der Waals surface area contributed by atoms with E-state index in [-0.39, 0.29) is 17.3 Å². The van der Waals surface area contributed by atoms with E-state index in [9.17, 15) is 4.79 Å². The Morgan fingerprint density at radius 1 is 1.16 bits per heavy atom. The average Bonchev–Trinajstić information content (AvgIpc) is 2.30. The van der Waals surface area contributed by atoms with Gasteiger partial charge in [-0.1, -0.05) is 12.1 Å². The van der Waals surface area contributed by atoms with Crippen LogP contribution in [0.4, 0.5) is 0 Å². The van der Waals surface area contributed by atoms with Crippen LogP contribution in [0.2, 0.25) is 0 Å². The van der Waals surface area contributed by atoms with E-state index < -0.39 is 5.97 Å². The smallest absolute Gasteiger partial charge is 0.339 e. The Labute approximate surface area is 110 Å². The first-order chi connectivity index (χ1) is 8.97. The number of hydrogen-bond acceptors (Lipinski definition) is 4. The minimum atomic E-state index is -1.04. The molecule has 0 atom stereocenters. The fourth-order valence-electron chi connectivity index (χ4n) is 1.79. The van der Waals surface area contributed by atoms with Gasteiger partial charge < -0.3 is 9.84 Å². The molecule has 1 heterocycles. The van der Waals surface area contributed by atoms with Crippen LogP contribution in [0.15, 0.2) is 24.3 Å². The molecule has 2 rings (SSSR count). The Morgan fingerprint density at radius 2 is 1.79 bits per heavy atom.